The van der Waals surface area contributed by atoms with Gasteiger partial charge >= 0.3 is 5.97 Å². The number of rotatable bonds is 5. The maximum absolute atomic E-state index is 12.1. The van der Waals surface area contributed by atoms with E-state index in [4.69, 9.17) is 4.74 Å². The second-order valence-corrected chi connectivity index (χ2v) is 5.60. The van der Waals surface area contributed by atoms with Crippen LogP contribution in [0.3, 0.4) is 0 Å². The molecule has 0 saturated heterocycles. The largest absolute Gasteiger partial charge is 0.497 e. The Balaban J connectivity index is 2.00. The van der Waals surface area contributed by atoms with Crippen molar-refractivity contribution in [2.24, 2.45) is 5.41 Å². The zero-order valence-corrected chi connectivity index (χ0v) is 12.2. The van der Waals surface area contributed by atoms with Gasteiger partial charge in [0.15, 0.2) is 0 Å². The number of anilines is 1. The molecule has 114 valence electrons. The Morgan fingerprint density at radius 1 is 1.19 bits per heavy atom. The van der Waals surface area contributed by atoms with Gasteiger partial charge in [0.2, 0.25) is 5.91 Å². The van der Waals surface area contributed by atoms with E-state index in [1.54, 1.807) is 31.4 Å². The molecule has 5 nitrogen and oxygen atoms in total. The summed E-state index contributed by atoms with van der Waals surface area (Å²) in [5.41, 5.74) is -0.244. The molecule has 0 aliphatic heterocycles. The van der Waals surface area contributed by atoms with Crippen LogP contribution in [0.2, 0.25) is 0 Å². The Morgan fingerprint density at radius 3 is 2.33 bits per heavy atom. The van der Waals surface area contributed by atoms with Crippen LogP contribution in [-0.2, 0) is 9.59 Å². The van der Waals surface area contributed by atoms with Gasteiger partial charge in [-0.3, -0.25) is 9.59 Å². The lowest BCUT2D eigenvalue weighted by Gasteiger charge is -2.32. The van der Waals surface area contributed by atoms with Crippen LogP contribution < -0.4 is 10.1 Å². The molecule has 1 saturated carbocycles. The molecule has 0 spiro atoms. The number of benzene rings is 1. The van der Waals surface area contributed by atoms with Gasteiger partial charge in [-0.15, -0.1) is 0 Å². The van der Waals surface area contributed by atoms with Crippen LogP contribution in [0, 0.1) is 5.41 Å². The monoisotopic (exact) mass is 291 g/mol. The van der Waals surface area contributed by atoms with Gasteiger partial charge in [-0.2, -0.15) is 0 Å². The highest BCUT2D eigenvalue weighted by atomic mass is 16.5. The van der Waals surface area contributed by atoms with Crippen LogP contribution in [0.1, 0.15) is 38.5 Å². The molecule has 1 aromatic carbocycles. The number of hydrogen-bond acceptors (Lipinski definition) is 3. The number of amides is 1. The number of carboxylic acid groups (broad SMARTS) is 1. The second kappa shape index (κ2) is 6.61. The normalized spacial score (nSPS) is 17.0. The van der Waals surface area contributed by atoms with E-state index in [9.17, 15) is 14.7 Å². The highest BCUT2D eigenvalue weighted by Gasteiger charge is 2.41. The number of carbonyl (C=O) groups is 2. The highest BCUT2D eigenvalue weighted by Crippen LogP contribution is 2.39. The van der Waals surface area contributed by atoms with Crippen molar-refractivity contribution in [3.8, 4) is 5.75 Å². The van der Waals surface area contributed by atoms with Gasteiger partial charge in [-0.1, -0.05) is 19.3 Å². The first-order valence-electron chi connectivity index (χ1n) is 7.23. The lowest BCUT2D eigenvalue weighted by atomic mass is 9.71. The van der Waals surface area contributed by atoms with E-state index < -0.39 is 11.4 Å². The molecule has 21 heavy (non-hydrogen) atoms. The second-order valence-electron chi connectivity index (χ2n) is 5.60. The maximum atomic E-state index is 12.1. The molecular formula is C16H21NO4. The number of carboxylic acids is 1. The molecule has 2 rings (SSSR count). The number of carbonyl (C=O) groups excluding carboxylic acids is 1. The van der Waals surface area contributed by atoms with Crippen LogP contribution >= 0.6 is 0 Å². The van der Waals surface area contributed by atoms with Crippen LogP contribution in [0.5, 0.6) is 5.75 Å². The van der Waals surface area contributed by atoms with Gasteiger partial charge < -0.3 is 15.2 Å². The SMILES string of the molecule is COc1ccc(NC(=O)CC2(C(=O)O)CCCCC2)cc1. The summed E-state index contributed by atoms with van der Waals surface area (Å²) in [5, 5.41) is 12.2. The minimum atomic E-state index is -0.894. The molecule has 1 aliphatic carbocycles. The zero-order valence-electron chi connectivity index (χ0n) is 12.2. The van der Waals surface area contributed by atoms with Crippen molar-refractivity contribution in [2.45, 2.75) is 38.5 Å². The van der Waals surface area contributed by atoms with Gasteiger partial charge in [-0.05, 0) is 37.1 Å². The van der Waals surface area contributed by atoms with E-state index in [0.29, 0.717) is 24.3 Å². The Morgan fingerprint density at radius 2 is 1.81 bits per heavy atom. The molecule has 0 radical (unpaired) electrons. The lowest BCUT2D eigenvalue weighted by molar-refractivity contribution is -0.153. The first-order valence-corrected chi connectivity index (χ1v) is 7.23. The first kappa shape index (κ1) is 15.4. The standard InChI is InChI=1S/C16H21NO4/c1-21-13-7-5-12(6-8-13)17-14(18)11-16(15(19)20)9-3-2-4-10-16/h5-8H,2-4,9-11H2,1H3,(H,17,18)(H,19,20). The molecule has 0 unspecified atom stereocenters. The van der Waals surface area contributed by atoms with E-state index in [1.807, 2.05) is 0 Å². The van der Waals surface area contributed by atoms with Crippen molar-refractivity contribution in [1.82, 2.24) is 0 Å². The smallest absolute Gasteiger partial charge is 0.310 e. The van der Waals surface area contributed by atoms with E-state index in [2.05, 4.69) is 5.32 Å². The number of ether oxygens (including phenoxy) is 1. The van der Waals surface area contributed by atoms with Crippen molar-refractivity contribution < 1.29 is 19.4 Å². The Hall–Kier alpha value is -2.04. The Labute approximate surface area is 124 Å². The van der Waals surface area contributed by atoms with Crippen LogP contribution in [-0.4, -0.2) is 24.1 Å². The van der Waals surface area contributed by atoms with Crippen LogP contribution in [0.4, 0.5) is 5.69 Å². The number of methoxy groups -OCH3 is 1. The van der Waals surface area contributed by atoms with E-state index in [0.717, 1.165) is 19.3 Å². The van der Waals surface area contributed by atoms with E-state index in [-0.39, 0.29) is 12.3 Å². The van der Waals surface area contributed by atoms with E-state index >= 15 is 0 Å². The van der Waals surface area contributed by atoms with Crippen molar-refractivity contribution in [3.63, 3.8) is 0 Å². The van der Waals surface area contributed by atoms with Crippen LogP contribution in [0.15, 0.2) is 24.3 Å². The average molecular weight is 291 g/mol. The molecule has 1 amide bonds. The van der Waals surface area contributed by atoms with Crippen molar-refractivity contribution in [1.29, 1.82) is 0 Å². The maximum Gasteiger partial charge on any atom is 0.310 e. The molecule has 2 N–H and O–H groups in total. The fraction of sp³-hybridized carbons (Fsp3) is 0.500. The Bertz CT molecular complexity index is 504. The summed E-state index contributed by atoms with van der Waals surface area (Å²) < 4.78 is 5.05. The summed E-state index contributed by atoms with van der Waals surface area (Å²) in [7, 11) is 1.58. The lowest BCUT2D eigenvalue weighted by Crippen LogP contribution is -2.37. The highest BCUT2D eigenvalue weighted by molar-refractivity contribution is 5.94. The topological polar surface area (TPSA) is 75.6 Å². The number of nitrogens with one attached hydrogen (secondary N) is 1. The molecule has 0 heterocycles. The van der Waals surface area contributed by atoms with Crippen molar-refractivity contribution in [3.05, 3.63) is 24.3 Å². The number of hydrogen-bond donors (Lipinski definition) is 2. The molecule has 0 bridgehead atoms. The van der Waals surface area contributed by atoms with Gasteiger partial charge in [0.1, 0.15) is 5.75 Å². The fourth-order valence-electron chi connectivity index (χ4n) is 2.88. The molecule has 1 fully saturated rings. The minimum Gasteiger partial charge on any atom is -0.497 e. The van der Waals surface area contributed by atoms with Gasteiger partial charge in [0, 0.05) is 12.1 Å². The summed E-state index contributed by atoms with van der Waals surface area (Å²) in [5.74, 6) is -0.390. The minimum absolute atomic E-state index is 0.0361. The summed E-state index contributed by atoms with van der Waals surface area (Å²) in [6.07, 6.45) is 4.00. The van der Waals surface area contributed by atoms with Crippen molar-refractivity contribution >= 4 is 17.6 Å². The third kappa shape index (κ3) is 3.74. The van der Waals surface area contributed by atoms with E-state index in [1.165, 1.54) is 0 Å². The molecule has 0 aromatic heterocycles. The zero-order chi connectivity index (χ0) is 15.3. The summed E-state index contributed by atoms with van der Waals surface area (Å²) in [6, 6.07) is 6.99. The third-order valence-corrected chi connectivity index (χ3v) is 4.14. The van der Waals surface area contributed by atoms with Crippen LogP contribution in [0.25, 0.3) is 0 Å². The summed E-state index contributed by atoms with van der Waals surface area (Å²) in [4.78, 5) is 23.7. The predicted molar refractivity (Wildman–Crippen MR) is 79.4 cm³/mol. The number of aliphatic carboxylic acids is 1. The first-order chi connectivity index (χ1) is 10.1. The quantitative estimate of drug-likeness (QED) is 0.874. The average Bonchev–Trinajstić information content (AvgIpc) is 2.48. The van der Waals surface area contributed by atoms with Gasteiger partial charge in [-0.25, -0.2) is 0 Å². The summed E-state index contributed by atoms with van der Waals surface area (Å²) in [6.45, 7) is 0. The molecule has 5 heteroatoms. The van der Waals surface area contributed by atoms with Gasteiger partial charge in [0.05, 0.1) is 12.5 Å². The third-order valence-electron chi connectivity index (χ3n) is 4.14. The summed E-state index contributed by atoms with van der Waals surface area (Å²) >= 11 is 0. The predicted octanol–water partition coefficient (Wildman–Crippen LogP) is 3.06. The molecule has 0 atom stereocenters. The molecule has 1 aromatic rings. The fourth-order valence-corrected chi connectivity index (χ4v) is 2.88. The molecule has 1 aliphatic rings. The van der Waals surface area contributed by atoms with Crippen molar-refractivity contribution in [2.75, 3.05) is 12.4 Å². The molecular weight excluding hydrogens is 270 g/mol. The Kier molecular flexibility index (Phi) is 4.83. The van der Waals surface area contributed by atoms with Gasteiger partial charge in [0.25, 0.3) is 0 Å².